The number of halogens is 2. The Morgan fingerprint density at radius 1 is 1.00 bits per heavy atom. The fraction of sp³-hybridized carbons (Fsp3) is 0.174. The second kappa shape index (κ2) is 9.37. The van der Waals surface area contributed by atoms with Crippen LogP contribution >= 0.6 is 23.2 Å². The van der Waals surface area contributed by atoms with Crippen molar-refractivity contribution < 1.29 is 23.7 Å². The fourth-order valence-electron chi connectivity index (χ4n) is 3.11. The standard InChI is InChI=1S/C23H19Cl2NO5/c1-28-18-7-5-14(11-15(18)13-31-20-4-2-3-17(24)22(20)25)23(27)26-16-6-8-19-21(12-16)30-10-9-29-19/h2-8,11-12H,9-10,13H2,1H3,(H,26,27). The SMILES string of the molecule is COc1ccc(C(=O)Nc2ccc3c(c2)OCCO3)cc1COc1cccc(Cl)c1Cl. The average molecular weight is 460 g/mol. The molecule has 0 saturated heterocycles. The summed E-state index contributed by atoms with van der Waals surface area (Å²) in [5.41, 5.74) is 1.74. The van der Waals surface area contributed by atoms with Crippen LogP contribution in [0.3, 0.4) is 0 Å². The monoisotopic (exact) mass is 459 g/mol. The summed E-state index contributed by atoms with van der Waals surface area (Å²) in [5.74, 6) is 2.02. The average Bonchev–Trinajstić information content (AvgIpc) is 2.79. The molecule has 0 spiro atoms. The minimum Gasteiger partial charge on any atom is -0.496 e. The first-order valence-corrected chi connectivity index (χ1v) is 10.3. The molecule has 160 valence electrons. The molecule has 31 heavy (non-hydrogen) atoms. The highest BCUT2D eigenvalue weighted by Gasteiger charge is 2.15. The smallest absolute Gasteiger partial charge is 0.255 e. The molecule has 1 aliphatic rings. The maximum atomic E-state index is 12.8. The van der Waals surface area contributed by atoms with E-state index in [4.69, 9.17) is 42.1 Å². The molecule has 0 saturated carbocycles. The van der Waals surface area contributed by atoms with Crippen molar-refractivity contribution in [3.8, 4) is 23.0 Å². The van der Waals surface area contributed by atoms with Crippen LogP contribution in [0.1, 0.15) is 15.9 Å². The van der Waals surface area contributed by atoms with E-state index in [9.17, 15) is 4.79 Å². The van der Waals surface area contributed by atoms with E-state index in [0.29, 0.717) is 63.1 Å². The van der Waals surface area contributed by atoms with Gasteiger partial charge in [-0.25, -0.2) is 0 Å². The number of hydrogen-bond acceptors (Lipinski definition) is 5. The Labute approximate surface area is 189 Å². The van der Waals surface area contributed by atoms with Gasteiger partial charge in [-0.1, -0.05) is 29.3 Å². The second-order valence-electron chi connectivity index (χ2n) is 6.68. The second-order valence-corrected chi connectivity index (χ2v) is 7.46. The van der Waals surface area contributed by atoms with Gasteiger partial charge in [-0.05, 0) is 42.5 Å². The van der Waals surface area contributed by atoms with Crippen molar-refractivity contribution in [2.75, 3.05) is 25.6 Å². The molecular weight excluding hydrogens is 441 g/mol. The van der Waals surface area contributed by atoms with Gasteiger partial charge >= 0.3 is 0 Å². The molecule has 0 fully saturated rings. The minimum atomic E-state index is -0.277. The maximum Gasteiger partial charge on any atom is 0.255 e. The largest absolute Gasteiger partial charge is 0.496 e. The van der Waals surface area contributed by atoms with E-state index in [2.05, 4.69) is 5.32 Å². The topological polar surface area (TPSA) is 66.0 Å². The molecule has 0 aliphatic carbocycles. The number of amides is 1. The molecule has 8 heteroatoms. The van der Waals surface area contributed by atoms with E-state index in [-0.39, 0.29) is 12.5 Å². The van der Waals surface area contributed by atoms with Crippen molar-refractivity contribution in [3.63, 3.8) is 0 Å². The van der Waals surface area contributed by atoms with Gasteiger partial charge in [0.05, 0.1) is 12.1 Å². The summed E-state index contributed by atoms with van der Waals surface area (Å²) in [6.07, 6.45) is 0. The summed E-state index contributed by atoms with van der Waals surface area (Å²) in [6.45, 7) is 1.13. The van der Waals surface area contributed by atoms with Crippen LogP contribution in [0.2, 0.25) is 10.0 Å². The Balaban J connectivity index is 1.51. The van der Waals surface area contributed by atoms with Crippen LogP contribution in [0.4, 0.5) is 5.69 Å². The summed E-state index contributed by atoms with van der Waals surface area (Å²) in [7, 11) is 1.56. The van der Waals surface area contributed by atoms with Gasteiger partial charge in [0.25, 0.3) is 5.91 Å². The van der Waals surface area contributed by atoms with Gasteiger partial charge < -0.3 is 24.3 Å². The van der Waals surface area contributed by atoms with Crippen molar-refractivity contribution in [3.05, 3.63) is 75.8 Å². The van der Waals surface area contributed by atoms with Crippen LogP contribution in [0.5, 0.6) is 23.0 Å². The van der Waals surface area contributed by atoms with Crippen LogP contribution in [0.25, 0.3) is 0 Å². The Morgan fingerprint density at radius 3 is 2.61 bits per heavy atom. The van der Waals surface area contributed by atoms with Crippen molar-refractivity contribution >= 4 is 34.8 Å². The first-order chi connectivity index (χ1) is 15.0. The van der Waals surface area contributed by atoms with Crippen LogP contribution in [0.15, 0.2) is 54.6 Å². The minimum absolute atomic E-state index is 0.147. The lowest BCUT2D eigenvalue weighted by molar-refractivity contribution is 0.102. The van der Waals surface area contributed by atoms with Crippen LogP contribution in [-0.2, 0) is 6.61 Å². The predicted octanol–water partition coefficient (Wildman–Crippen LogP) is 5.60. The third-order valence-electron chi connectivity index (χ3n) is 4.64. The van der Waals surface area contributed by atoms with Gasteiger partial charge in [0.2, 0.25) is 0 Å². The number of rotatable bonds is 6. The molecule has 0 radical (unpaired) electrons. The number of carbonyl (C=O) groups excluding carboxylic acids is 1. The van der Waals surface area contributed by atoms with Crippen molar-refractivity contribution in [1.82, 2.24) is 0 Å². The van der Waals surface area contributed by atoms with Gasteiger partial charge in [-0.2, -0.15) is 0 Å². The van der Waals surface area contributed by atoms with Crippen LogP contribution < -0.4 is 24.3 Å². The van der Waals surface area contributed by atoms with Gasteiger partial charge in [0, 0.05) is 22.9 Å². The summed E-state index contributed by atoms with van der Waals surface area (Å²) in [4.78, 5) is 12.8. The normalized spacial score (nSPS) is 12.2. The summed E-state index contributed by atoms with van der Waals surface area (Å²) >= 11 is 12.2. The quantitative estimate of drug-likeness (QED) is 0.519. The number of fused-ring (bicyclic) bond motifs is 1. The molecule has 0 aromatic heterocycles. The third-order valence-corrected chi connectivity index (χ3v) is 5.44. The number of ether oxygens (including phenoxy) is 4. The van der Waals surface area contributed by atoms with E-state index in [1.165, 1.54) is 0 Å². The molecular formula is C23H19Cl2NO5. The number of benzene rings is 3. The molecule has 1 N–H and O–H groups in total. The predicted molar refractivity (Wildman–Crippen MR) is 119 cm³/mol. The van der Waals surface area contributed by atoms with Gasteiger partial charge in [-0.3, -0.25) is 4.79 Å². The highest BCUT2D eigenvalue weighted by Crippen LogP contribution is 2.34. The summed E-state index contributed by atoms with van der Waals surface area (Å²) in [5, 5.41) is 3.60. The Kier molecular flexibility index (Phi) is 6.39. The van der Waals surface area contributed by atoms with E-state index in [1.807, 2.05) is 0 Å². The number of nitrogens with one attached hydrogen (secondary N) is 1. The first kappa shape index (κ1) is 21.2. The molecule has 0 unspecified atom stereocenters. The zero-order valence-corrected chi connectivity index (χ0v) is 18.1. The molecule has 6 nitrogen and oxygen atoms in total. The Hall–Kier alpha value is -3.09. The van der Waals surface area contributed by atoms with E-state index >= 15 is 0 Å². The van der Waals surface area contributed by atoms with Gasteiger partial charge in [-0.15, -0.1) is 0 Å². The lowest BCUT2D eigenvalue weighted by Gasteiger charge is -2.19. The Bertz CT molecular complexity index is 1120. The molecule has 3 aromatic carbocycles. The third kappa shape index (κ3) is 4.81. The molecule has 4 rings (SSSR count). The number of hydrogen-bond donors (Lipinski definition) is 1. The number of methoxy groups -OCH3 is 1. The lowest BCUT2D eigenvalue weighted by Crippen LogP contribution is -2.16. The summed E-state index contributed by atoms with van der Waals surface area (Å²) in [6, 6.07) is 15.5. The van der Waals surface area contributed by atoms with Crippen LogP contribution in [0, 0.1) is 0 Å². The lowest BCUT2D eigenvalue weighted by atomic mass is 10.1. The molecule has 0 atom stereocenters. The van der Waals surface area contributed by atoms with Crippen molar-refractivity contribution in [1.29, 1.82) is 0 Å². The fourth-order valence-corrected chi connectivity index (χ4v) is 3.45. The molecule has 1 heterocycles. The Morgan fingerprint density at radius 2 is 1.81 bits per heavy atom. The summed E-state index contributed by atoms with van der Waals surface area (Å²) < 4.78 is 22.3. The highest BCUT2D eigenvalue weighted by atomic mass is 35.5. The zero-order chi connectivity index (χ0) is 21.8. The number of anilines is 1. The number of carbonyl (C=O) groups is 1. The van der Waals surface area contributed by atoms with Crippen LogP contribution in [-0.4, -0.2) is 26.2 Å². The van der Waals surface area contributed by atoms with E-state index in [1.54, 1.807) is 61.7 Å². The first-order valence-electron chi connectivity index (χ1n) is 9.50. The van der Waals surface area contributed by atoms with Crippen molar-refractivity contribution in [2.45, 2.75) is 6.61 Å². The molecule has 1 aliphatic heterocycles. The molecule has 0 bridgehead atoms. The van der Waals surface area contributed by atoms with Gasteiger partial charge in [0.15, 0.2) is 11.5 Å². The zero-order valence-electron chi connectivity index (χ0n) is 16.6. The molecule has 3 aromatic rings. The van der Waals surface area contributed by atoms with E-state index < -0.39 is 0 Å². The van der Waals surface area contributed by atoms with Gasteiger partial charge in [0.1, 0.15) is 36.3 Å². The van der Waals surface area contributed by atoms with Crippen molar-refractivity contribution in [2.24, 2.45) is 0 Å². The highest BCUT2D eigenvalue weighted by molar-refractivity contribution is 6.42. The molecule has 1 amide bonds. The van der Waals surface area contributed by atoms with E-state index in [0.717, 1.165) is 0 Å². The maximum absolute atomic E-state index is 12.8.